The zero-order valence-corrected chi connectivity index (χ0v) is 12.0. The van der Waals surface area contributed by atoms with Crippen LogP contribution >= 0.6 is 0 Å². The van der Waals surface area contributed by atoms with Crippen LogP contribution in [0.3, 0.4) is 0 Å². The summed E-state index contributed by atoms with van der Waals surface area (Å²) in [6, 6.07) is 6.38. The highest BCUT2D eigenvalue weighted by Gasteiger charge is 2.27. The molecule has 0 fully saturated rings. The topological polar surface area (TPSA) is 83.7 Å². The third-order valence-corrected chi connectivity index (χ3v) is 3.25. The molecular formula is C14H17N5O. The maximum Gasteiger partial charge on any atom is 0.293 e. The summed E-state index contributed by atoms with van der Waals surface area (Å²) in [5.74, 6) is 0.372. The number of hydrogen-bond acceptors (Lipinski definition) is 4. The molecule has 0 aliphatic carbocycles. The molecule has 0 unspecified atom stereocenters. The van der Waals surface area contributed by atoms with Crippen LogP contribution in [-0.4, -0.2) is 26.5 Å². The summed E-state index contributed by atoms with van der Waals surface area (Å²) in [6.45, 7) is 8.14. The van der Waals surface area contributed by atoms with Gasteiger partial charge >= 0.3 is 0 Å². The van der Waals surface area contributed by atoms with Crippen LogP contribution in [0.25, 0.3) is 0 Å². The fourth-order valence-corrected chi connectivity index (χ4v) is 1.81. The van der Waals surface area contributed by atoms with Gasteiger partial charge in [-0.1, -0.05) is 18.2 Å². The molecule has 0 saturated carbocycles. The van der Waals surface area contributed by atoms with Gasteiger partial charge < -0.3 is 0 Å². The molecule has 2 N–H and O–H groups in total. The molecule has 0 spiro atoms. The summed E-state index contributed by atoms with van der Waals surface area (Å²) >= 11 is 0. The Morgan fingerprint density at radius 1 is 1.15 bits per heavy atom. The van der Waals surface area contributed by atoms with Gasteiger partial charge in [0.25, 0.3) is 5.91 Å². The first-order valence-electron chi connectivity index (χ1n) is 6.27. The Labute approximate surface area is 117 Å². The Morgan fingerprint density at radius 2 is 1.75 bits per heavy atom. The van der Waals surface area contributed by atoms with E-state index in [2.05, 4.69) is 54.5 Å². The van der Waals surface area contributed by atoms with Gasteiger partial charge in [-0.05, 0) is 44.4 Å². The van der Waals surface area contributed by atoms with Gasteiger partial charge in [0, 0.05) is 0 Å². The van der Waals surface area contributed by atoms with Gasteiger partial charge in [0.2, 0.25) is 5.82 Å². The summed E-state index contributed by atoms with van der Waals surface area (Å²) in [7, 11) is 0. The van der Waals surface area contributed by atoms with Gasteiger partial charge in [-0.15, -0.1) is 9.89 Å². The highest BCUT2D eigenvalue weighted by molar-refractivity contribution is 6.47. The maximum absolute atomic E-state index is 10.8. The monoisotopic (exact) mass is 271 g/mol. The minimum absolute atomic E-state index is 0.134. The number of nitrogens with one attached hydrogen (secondary N) is 2. The molecule has 0 atom stereocenters. The molecule has 6 nitrogen and oxygen atoms in total. The smallest absolute Gasteiger partial charge is 0.292 e. The molecule has 1 amide bonds. The molecule has 1 aliphatic heterocycles. The summed E-state index contributed by atoms with van der Waals surface area (Å²) in [4.78, 5) is 15.8. The predicted molar refractivity (Wildman–Crippen MR) is 76.6 cm³/mol. The molecule has 2 aromatic rings. The number of amides is 1. The van der Waals surface area contributed by atoms with E-state index in [0.29, 0.717) is 5.82 Å². The van der Waals surface area contributed by atoms with Crippen LogP contribution in [0.5, 0.6) is 0 Å². The quantitative estimate of drug-likeness (QED) is 0.764. The first kappa shape index (κ1) is 13.9. The third kappa shape index (κ3) is 2.59. The number of aryl methyl sites for hydroxylation is 3. The minimum atomic E-state index is -0.458. The molecule has 2 heterocycles. The van der Waals surface area contributed by atoms with E-state index in [-0.39, 0.29) is 11.5 Å². The largest absolute Gasteiger partial charge is 0.293 e. The number of carbonyl (C=O) groups is 1. The molecular weight excluding hydrogens is 254 g/mol. The second kappa shape index (κ2) is 5.24. The average molecular weight is 271 g/mol. The van der Waals surface area contributed by atoms with Crippen molar-refractivity contribution in [2.24, 2.45) is 0 Å². The molecule has 104 valence electrons. The molecule has 0 bridgehead atoms. The number of fused-ring (bicyclic) bond motifs is 1. The van der Waals surface area contributed by atoms with Crippen LogP contribution in [0.1, 0.15) is 28.3 Å². The van der Waals surface area contributed by atoms with Crippen molar-refractivity contribution in [3.63, 3.8) is 0 Å². The standard InChI is InChI=1S/C9H12.C5H5N5O/c1-7-5-4-6-8(2)9(7)3;1-2-7-4-3(6)5(11)9-10(4)8-2/h4-6H,1-3H3;6H,1H3,(H,9,11). The lowest BCUT2D eigenvalue weighted by atomic mass is 10.1. The van der Waals surface area contributed by atoms with Crippen molar-refractivity contribution in [1.29, 1.82) is 5.41 Å². The Kier molecular flexibility index (Phi) is 3.65. The van der Waals surface area contributed by atoms with Gasteiger partial charge in [0.05, 0.1) is 0 Å². The molecule has 0 saturated heterocycles. The van der Waals surface area contributed by atoms with E-state index in [4.69, 9.17) is 5.41 Å². The predicted octanol–water partition coefficient (Wildman–Crippen LogP) is 1.65. The highest BCUT2D eigenvalue weighted by Crippen LogP contribution is 2.10. The van der Waals surface area contributed by atoms with Crippen molar-refractivity contribution >= 4 is 11.6 Å². The number of aromatic nitrogens is 3. The van der Waals surface area contributed by atoms with Crippen LogP contribution in [0, 0.1) is 33.1 Å². The van der Waals surface area contributed by atoms with Gasteiger partial charge in [0.1, 0.15) is 5.82 Å². The van der Waals surface area contributed by atoms with E-state index in [0.717, 1.165) is 0 Å². The van der Waals surface area contributed by atoms with E-state index in [9.17, 15) is 4.79 Å². The fourth-order valence-electron chi connectivity index (χ4n) is 1.81. The Balaban J connectivity index is 0.000000151. The summed E-state index contributed by atoms with van der Waals surface area (Å²) in [6.07, 6.45) is 0. The first-order chi connectivity index (χ1) is 9.40. The lowest BCUT2D eigenvalue weighted by Gasteiger charge is -2.00. The van der Waals surface area contributed by atoms with Crippen molar-refractivity contribution in [1.82, 2.24) is 14.9 Å². The normalized spacial score (nSPS) is 12.6. The molecule has 6 heteroatoms. The van der Waals surface area contributed by atoms with Crippen molar-refractivity contribution in [3.8, 4) is 0 Å². The molecule has 1 aromatic heterocycles. The lowest BCUT2D eigenvalue weighted by molar-refractivity contribution is -0.110. The van der Waals surface area contributed by atoms with Crippen LogP contribution < -0.4 is 5.43 Å². The van der Waals surface area contributed by atoms with Crippen LogP contribution in [0.2, 0.25) is 0 Å². The third-order valence-electron chi connectivity index (χ3n) is 3.25. The lowest BCUT2D eigenvalue weighted by Crippen LogP contribution is -2.18. The molecule has 20 heavy (non-hydrogen) atoms. The zero-order chi connectivity index (χ0) is 14.9. The molecule has 0 radical (unpaired) electrons. The van der Waals surface area contributed by atoms with E-state index in [1.54, 1.807) is 6.92 Å². The number of nitrogens with zero attached hydrogens (tertiary/aromatic N) is 3. The highest BCUT2D eigenvalue weighted by atomic mass is 16.2. The van der Waals surface area contributed by atoms with Crippen molar-refractivity contribution < 1.29 is 4.79 Å². The van der Waals surface area contributed by atoms with E-state index in [1.807, 2.05) is 0 Å². The zero-order valence-electron chi connectivity index (χ0n) is 12.0. The first-order valence-corrected chi connectivity index (χ1v) is 6.27. The van der Waals surface area contributed by atoms with Crippen LogP contribution in [-0.2, 0) is 4.79 Å². The second-order valence-corrected chi connectivity index (χ2v) is 4.73. The van der Waals surface area contributed by atoms with E-state index >= 15 is 0 Å². The molecule has 1 aromatic carbocycles. The number of carbonyl (C=O) groups excluding carboxylic acids is 1. The number of benzene rings is 1. The Hall–Kier alpha value is -2.50. The number of hydrogen-bond donors (Lipinski definition) is 2. The summed E-state index contributed by atoms with van der Waals surface area (Å²) in [5.41, 5.74) is 6.40. The van der Waals surface area contributed by atoms with Gasteiger partial charge in [0.15, 0.2) is 5.71 Å². The SMILES string of the molecule is Cc1cccc(C)c1C.Cc1nc2n(n1)NC(=O)C2=N. The molecule has 3 rings (SSSR count). The van der Waals surface area contributed by atoms with Gasteiger partial charge in [-0.2, -0.15) is 0 Å². The van der Waals surface area contributed by atoms with Crippen molar-refractivity contribution in [3.05, 3.63) is 46.5 Å². The van der Waals surface area contributed by atoms with E-state index < -0.39 is 5.91 Å². The van der Waals surface area contributed by atoms with E-state index in [1.165, 1.54) is 21.5 Å². The number of rotatable bonds is 0. The summed E-state index contributed by atoms with van der Waals surface area (Å²) in [5, 5.41) is 11.0. The second-order valence-electron chi connectivity index (χ2n) is 4.73. The Morgan fingerprint density at radius 3 is 2.25 bits per heavy atom. The summed E-state index contributed by atoms with van der Waals surface area (Å²) < 4.78 is 0. The van der Waals surface area contributed by atoms with Crippen LogP contribution in [0.4, 0.5) is 0 Å². The van der Waals surface area contributed by atoms with Crippen LogP contribution in [0.15, 0.2) is 18.2 Å². The average Bonchev–Trinajstić information content (AvgIpc) is 2.87. The maximum atomic E-state index is 10.8. The van der Waals surface area contributed by atoms with Crippen molar-refractivity contribution in [2.45, 2.75) is 27.7 Å². The fraction of sp³-hybridized carbons (Fsp3) is 0.286. The Bertz CT molecular complexity index is 667. The van der Waals surface area contributed by atoms with Crippen molar-refractivity contribution in [2.75, 3.05) is 5.43 Å². The molecule has 1 aliphatic rings. The van der Waals surface area contributed by atoms with Gasteiger partial charge in [-0.25, -0.2) is 10.4 Å². The minimum Gasteiger partial charge on any atom is -0.292 e. The van der Waals surface area contributed by atoms with Gasteiger partial charge in [-0.3, -0.25) is 10.2 Å².